The van der Waals surface area contributed by atoms with Crippen LogP contribution in [0.5, 0.6) is 0 Å². The van der Waals surface area contributed by atoms with Crippen LogP contribution in [0.15, 0.2) is 10.2 Å². The van der Waals surface area contributed by atoms with Crippen LogP contribution in [-0.4, -0.2) is 24.2 Å². The molecule has 0 aliphatic carbocycles. The van der Waals surface area contributed by atoms with Gasteiger partial charge >= 0.3 is 11.8 Å². The van der Waals surface area contributed by atoms with Crippen LogP contribution in [0.2, 0.25) is 0 Å². The van der Waals surface area contributed by atoms with Crippen molar-refractivity contribution in [3.05, 3.63) is 0 Å². The SMILES string of the molecule is CCCCCCCCC/C=N\NC(=O)C(=O)N/N=C/CCCCCCCCC. The first-order valence-electron chi connectivity index (χ1n) is 11.4. The third-order valence-electron chi connectivity index (χ3n) is 4.59. The van der Waals surface area contributed by atoms with Gasteiger partial charge in [-0.05, 0) is 25.7 Å². The highest BCUT2D eigenvalue weighted by Gasteiger charge is 2.10. The molecule has 0 aliphatic heterocycles. The molecule has 0 bridgehead atoms. The van der Waals surface area contributed by atoms with Crippen LogP contribution in [0, 0.1) is 0 Å². The summed E-state index contributed by atoms with van der Waals surface area (Å²) in [5.41, 5.74) is 4.46. The van der Waals surface area contributed by atoms with Crippen LogP contribution in [-0.2, 0) is 9.59 Å². The van der Waals surface area contributed by atoms with Gasteiger partial charge in [0.1, 0.15) is 0 Å². The van der Waals surface area contributed by atoms with Gasteiger partial charge in [-0.15, -0.1) is 0 Å². The Hall–Kier alpha value is -1.72. The van der Waals surface area contributed by atoms with Gasteiger partial charge in [-0.2, -0.15) is 10.2 Å². The number of hydrogen-bond acceptors (Lipinski definition) is 4. The number of unbranched alkanes of at least 4 members (excludes halogenated alkanes) is 14. The van der Waals surface area contributed by atoms with E-state index in [2.05, 4.69) is 34.9 Å². The first-order chi connectivity index (χ1) is 13.7. The van der Waals surface area contributed by atoms with Crippen molar-refractivity contribution in [2.75, 3.05) is 0 Å². The fourth-order valence-corrected chi connectivity index (χ4v) is 2.82. The standard InChI is InChI=1S/C22H42N4O2/c1-3-5-7-9-11-13-15-17-19-23-25-21(27)22(28)26-24-20-18-16-14-12-10-8-6-4-2/h19-20H,3-18H2,1-2H3,(H,25,27)(H,26,28)/b23-19-,24-20+. The summed E-state index contributed by atoms with van der Waals surface area (Å²) in [6.45, 7) is 4.43. The van der Waals surface area contributed by atoms with E-state index in [0.29, 0.717) is 0 Å². The van der Waals surface area contributed by atoms with Gasteiger partial charge in [0.2, 0.25) is 0 Å². The number of carbonyl (C=O) groups is 2. The Bertz CT molecular complexity index is 396. The summed E-state index contributed by atoms with van der Waals surface area (Å²) < 4.78 is 0. The zero-order chi connectivity index (χ0) is 20.7. The van der Waals surface area contributed by atoms with Gasteiger partial charge < -0.3 is 0 Å². The zero-order valence-corrected chi connectivity index (χ0v) is 18.2. The fourth-order valence-electron chi connectivity index (χ4n) is 2.82. The van der Waals surface area contributed by atoms with E-state index >= 15 is 0 Å². The maximum Gasteiger partial charge on any atom is 0.331 e. The summed E-state index contributed by atoms with van der Waals surface area (Å²) in [6.07, 6.45) is 22.3. The minimum absolute atomic E-state index is 0.788. The van der Waals surface area contributed by atoms with E-state index in [1.165, 1.54) is 77.0 Å². The maximum absolute atomic E-state index is 11.6. The smallest absolute Gasteiger partial charge is 0.262 e. The normalized spacial score (nSPS) is 11.4. The molecule has 0 atom stereocenters. The van der Waals surface area contributed by atoms with E-state index in [0.717, 1.165) is 25.7 Å². The minimum atomic E-state index is -0.788. The largest absolute Gasteiger partial charge is 0.331 e. The summed E-state index contributed by atoms with van der Waals surface area (Å²) in [4.78, 5) is 23.1. The van der Waals surface area contributed by atoms with Gasteiger partial charge in [0.15, 0.2) is 0 Å². The first kappa shape index (κ1) is 26.3. The Morgan fingerprint density at radius 3 is 1.25 bits per heavy atom. The molecular formula is C22H42N4O2. The van der Waals surface area contributed by atoms with Crippen LogP contribution in [0.25, 0.3) is 0 Å². The van der Waals surface area contributed by atoms with E-state index in [-0.39, 0.29) is 0 Å². The lowest BCUT2D eigenvalue weighted by Crippen LogP contribution is -2.35. The molecule has 28 heavy (non-hydrogen) atoms. The third-order valence-corrected chi connectivity index (χ3v) is 4.59. The Morgan fingerprint density at radius 2 is 0.893 bits per heavy atom. The van der Waals surface area contributed by atoms with Gasteiger partial charge in [0, 0.05) is 12.4 Å². The van der Waals surface area contributed by atoms with Crippen molar-refractivity contribution in [1.29, 1.82) is 0 Å². The summed E-state index contributed by atoms with van der Waals surface area (Å²) in [7, 11) is 0. The van der Waals surface area contributed by atoms with E-state index in [9.17, 15) is 9.59 Å². The molecule has 0 aromatic rings. The predicted octanol–water partition coefficient (Wildman–Crippen LogP) is 5.47. The van der Waals surface area contributed by atoms with Crippen molar-refractivity contribution in [3.8, 4) is 0 Å². The van der Waals surface area contributed by atoms with Crippen LogP contribution in [0.1, 0.15) is 117 Å². The lowest BCUT2D eigenvalue weighted by molar-refractivity contribution is -0.139. The van der Waals surface area contributed by atoms with E-state index in [1.54, 1.807) is 12.4 Å². The Balaban J connectivity index is 3.53. The molecule has 0 aliphatic rings. The first-order valence-corrected chi connectivity index (χ1v) is 11.4. The molecule has 0 spiro atoms. The quantitative estimate of drug-likeness (QED) is 0.140. The minimum Gasteiger partial charge on any atom is -0.262 e. The maximum atomic E-state index is 11.6. The highest BCUT2D eigenvalue weighted by atomic mass is 16.2. The summed E-state index contributed by atoms with van der Waals surface area (Å²) >= 11 is 0. The molecule has 2 N–H and O–H groups in total. The van der Waals surface area contributed by atoms with E-state index < -0.39 is 11.8 Å². The number of carbonyl (C=O) groups excluding carboxylic acids is 2. The number of nitrogens with zero attached hydrogens (tertiary/aromatic N) is 2. The lowest BCUT2D eigenvalue weighted by Gasteiger charge is -2.00. The van der Waals surface area contributed by atoms with Gasteiger partial charge in [0.05, 0.1) is 0 Å². The molecule has 0 radical (unpaired) electrons. The van der Waals surface area contributed by atoms with Crippen LogP contribution < -0.4 is 10.9 Å². The number of hydrogen-bond donors (Lipinski definition) is 2. The lowest BCUT2D eigenvalue weighted by atomic mass is 10.1. The molecule has 6 nitrogen and oxygen atoms in total. The molecule has 0 saturated carbocycles. The summed E-state index contributed by atoms with van der Waals surface area (Å²) in [5.74, 6) is -1.58. The second kappa shape index (κ2) is 21.6. The molecular weight excluding hydrogens is 352 g/mol. The predicted molar refractivity (Wildman–Crippen MR) is 118 cm³/mol. The molecule has 0 fully saturated rings. The fraction of sp³-hybridized carbons (Fsp3) is 0.818. The number of rotatable bonds is 18. The molecule has 0 saturated heterocycles. The van der Waals surface area contributed by atoms with Crippen molar-refractivity contribution < 1.29 is 9.59 Å². The number of nitrogens with one attached hydrogen (secondary N) is 2. The van der Waals surface area contributed by atoms with Crippen LogP contribution in [0.3, 0.4) is 0 Å². The van der Waals surface area contributed by atoms with Crippen molar-refractivity contribution in [1.82, 2.24) is 10.9 Å². The molecule has 0 aromatic heterocycles. The van der Waals surface area contributed by atoms with Crippen molar-refractivity contribution in [2.45, 2.75) is 117 Å². The molecule has 0 aromatic carbocycles. The second-order valence-corrected chi connectivity index (χ2v) is 7.33. The number of amides is 2. The molecule has 0 unspecified atom stereocenters. The van der Waals surface area contributed by atoms with Gasteiger partial charge in [-0.25, -0.2) is 10.9 Å². The van der Waals surface area contributed by atoms with Gasteiger partial charge in [-0.3, -0.25) is 9.59 Å². The second-order valence-electron chi connectivity index (χ2n) is 7.33. The van der Waals surface area contributed by atoms with Crippen LogP contribution >= 0.6 is 0 Å². The zero-order valence-electron chi connectivity index (χ0n) is 18.2. The van der Waals surface area contributed by atoms with E-state index in [1.807, 2.05) is 0 Å². The molecule has 2 amide bonds. The van der Waals surface area contributed by atoms with Crippen molar-refractivity contribution in [2.24, 2.45) is 10.2 Å². The van der Waals surface area contributed by atoms with Gasteiger partial charge in [-0.1, -0.05) is 90.9 Å². The topological polar surface area (TPSA) is 82.9 Å². The highest BCUT2D eigenvalue weighted by Crippen LogP contribution is 2.08. The van der Waals surface area contributed by atoms with Crippen molar-refractivity contribution >= 4 is 24.2 Å². The Morgan fingerprint density at radius 1 is 0.571 bits per heavy atom. The third kappa shape index (κ3) is 19.1. The van der Waals surface area contributed by atoms with Crippen molar-refractivity contribution in [3.63, 3.8) is 0 Å². The Labute approximate surface area is 172 Å². The summed E-state index contributed by atoms with van der Waals surface area (Å²) in [6, 6.07) is 0. The average Bonchev–Trinajstić information content (AvgIpc) is 2.70. The monoisotopic (exact) mass is 394 g/mol. The number of hydrazone groups is 2. The van der Waals surface area contributed by atoms with Crippen LogP contribution in [0.4, 0.5) is 0 Å². The molecule has 6 heteroatoms. The molecule has 0 heterocycles. The van der Waals surface area contributed by atoms with Gasteiger partial charge in [0.25, 0.3) is 0 Å². The molecule has 0 rings (SSSR count). The molecule has 162 valence electrons. The Kier molecular flexibility index (Phi) is 20.3. The summed E-state index contributed by atoms with van der Waals surface area (Å²) in [5, 5.41) is 7.60. The van der Waals surface area contributed by atoms with E-state index in [4.69, 9.17) is 0 Å². The average molecular weight is 395 g/mol. The highest BCUT2D eigenvalue weighted by molar-refractivity contribution is 6.35.